The Hall–Kier alpha value is -1.18. The van der Waals surface area contributed by atoms with Gasteiger partial charge in [0.2, 0.25) is 5.91 Å². The summed E-state index contributed by atoms with van der Waals surface area (Å²) < 4.78 is 5.44. The van der Waals surface area contributed by atoms with Crippen molar-refractivity contribution in [2.45, 2.75) is 24.6 Å². The van der Waals surface area contributed by atoms with E-state index in [0.29, 0.717) is 37.7 Å². The Balaban J connectivity index is 1.66. The molecule has 0 aliphatic carbocycles. The summed E-state index contributed by atoms with van der Waals surface area (Å²) in [6.07, 6.45) is 0.0225. The first-order valence-corrected chi connectivity index (χ1v) is 8.77. The molecule has 0 aromatic heterocycles. The van der Waals surface area contributed by atoms with Crippen molar-refractivity contribution in [2.24, 2.45) is 0 Å². The summed E-state index contributed by atoms with van der Waals surface area (Å²) in [6.45, 7) is 4.02. The molecule has 7 heteroatoms. The zero-order chi connectivity index (χ0) is 16.9. The molecule has 1 amide bonds. The maximum absolute atomic E-state index is 12.3. The van der Waals surface area contributed by atoms with Gasteiger partial charge in [0.1, 0.15) is 0 Å². The molecule has 2 aliphatic rings. The summed E-state index contributed by atoms with van der Waals surface area (Å²) in [4.78, 5) is 14.6. The van der Waals surface area contributed by atoms with Crippen LogP contribution in [0.25, 0.3) is 0 Å². The smallest absolute Gasteiger partial charge is 0.237 e. The van der Waals surface area contributed by atoms with Crippen LogP contribution in [0.2, 0.25) is 5.02 Å². The van der Waals surface area contributed by atoms with Crippen molar-refractivity contribution in [1.82, 2.24) is 15.5 Å². The van der Waals surface area contributed by atoms with Crippen LogP contribution < -0.4 is 10.6 Å². The average molecular weight is 354 g/mol. The second kappa shape index (κ2) is 8.27. The van der Waals surface area contributed by atoms with Gasteiger partial charge in [0.25, 0.3) is 0 Å². The molecular formula is C17H24ClN3O3. The Morgan fingerprint density at radius 2 is 2.25 bits per heavy atom. The molecule has 0 radical (unpaired) electrons. The monoisotopic (exact) mass is 353 g/mol. The highest BCUT2D eigenvalue weighted by Gasteiger charge is 2.29. The van der Waals surface area contributed by atoms with Gasteiger partial charge in [0, 0.05) is 31.2 Å². The van der Waals surface area contributed by atoms with Gasteiger partial charge in [-0.2, -0.15) is 0 Å². The van der Waals surface area contributed by atoms with Crippen molar-refractivity contribution in [1.29, 1.82) is 0 Å². The van der Waals surface area contributed by atoms with Crippen molar-refractivity contribution in [2.75, 3.05) is 39.4 Å². The number of hydrogen-bond acceptors (Lipinski definition) is 5. The van der Waals surface area contributed by atoms with E-state index < -0.39 is 6.10 Å². The Morgan fingerprint density at radius 3 is 2.92 bits per heavy atom. The molecule has 3 N–H and O–H groups in total. The fourth-order valence-corrected chi connectivity index (χ4v) is 3.50. The number of benzene rings is 1. The van der Waals surface area contributed by atoms with Crippen molar-refractivity contribution in [3.8, 4) is 0 Å². The predicted octanol–water partition coefficient (Wildman–Crippen LogP) is 0.552. The van der Waals surface area contributed by atoms with E-state index in [2.05, 4.69) is 15.5 Å². The van der Waals surface area contributed by atoms with Crippen LogP contribution in [0.1, 0.15) is 18.0 Å². The first kappa shape index (κ1) is 17.6. The minimum atomic E-state index is -0.441. The van der Waals surface area contributed by atoms with Crippen LogP contribution in [0.15, 0.2) is 24.3 Å². The molecule has 0 saturated carbocycles. The van der Waals surface area contributed by atoms with Gasteiger partial charge in [-0.15, -0.1) is 0 Å². The summed E-state index contributed by atoms with van der Waals surface area (Å²) >= 11 is 6.14. The summed E-state index contributed by atoms with van der Waals surface area (Å²) in [5.41, 5.74) is 1.09. The van der Waals surface area contributed by atoms with Crippen LogP contribution in [0, 0.1) is 0 Å². The van der Waals surface area contributed by atoms with Gasteiger partial charge in [-0.25, -0.2) is 0 Å². The van der Waals surface area contributed by atoms with E-state index in [9.17, 15) is 9.90 Å². The number of morpholine rings is 1. The minimum Gasteiger partial charge on any atom is -0.392 e. The number of halogens is 1. The highest BCUT2D eigenvalue weighted by atomic mass is 35.5. The zero-order valence-electron chi connectivity index (χ0n) is 13.6. The topological polar surface area (TPSA) is 73.8 Å². The van der Waals surface area contributed by atoms with E-state index in [1.54, 1.807) is 0 Å². The van der Waals surface area contributed by atoms with Crippen LogP contribution >= 0.6 is 11.6 Å². The number of nitrogens with one attached hydrogen (secondary N) is 2. The van der Waals surface area contributed by atoms with Gasteiger partial charge >= 0.3 is 0 Å². The summed E-state index contributed by atoms with van der Waals surface area (Å²) in [7, 11) is 0. The van der Waals surface area contributed by atoms with E-state index in [4.69, 9.17) is 16.3 Å². The van der Waals surface area contributed by atoms with E-state index in [0.717, 1.165) is 18.7 Å². The van der Waals surface area contributed by atoms with E-state index >= 15 is 0 Å². The Labute approximate surface area is 147 Å². The van der Waals surface area contributed by atoms with Gasteiger partial charge in [-0.3, -0.25) is 9.69 Å². The lowest BCUT2D eigenvalue weighted by Crippen LogP contribution is -2.47. The Morgan fingerprint density at radius 1 is 1.46 bits per heavy atom. The molecule has 2 aliphatic heterocycles. The fourth-order valence-electron chi connectivity index (χ4n) is 3.30. The first-order valence-electron chi connectivity index (χ1n) is 8.40. The maximum Gasteiger partial charge on any atom is 0.237 e. The normalized spacial score (nSPS) is 26.2. The third-order valence-electron chi connectivity index (χ3n) is 4.61. The van der Waals surface area contributed by atoms with Crippen LogP contribution in [0.5, 0.6) is 0 Å². The first-order chi connectivity index (χ1) is 11.6. The molecule has 0 unspecified atom stereocenters. The largest absolute Gasteiger partial charge is 0.392 e. The lowest BCUT2D eigenvalue weighted by molar-refractivity contribution is -0.123. The SMILES string of the molecule is O=C(NC[C@H](c1cccc(Cl)c1)N1CCOCC1)[C@@H]1C[C@H](O)CN1. The van der Waals surface area contributed by atoms with Crippen molar-refractivity contribution >= 4 is 17.5 Å². The molecule has 3 atom stereocenters. The number of carbonyl (C=O) groups excluding carboxylic acids is 1. The highest BCUT2D eigenvalue weighted by molar-refractivity contribution is 6.30. The number of carbonyl (C=O) groups is 1. The predicted molar refractivity (Wildman–Crippen MR) is 92.0 cm³/mol. The molecule has 0 bridgehead atoms. The van der Waals surface area contributed by atoms with Crippen molar-refractivity contribution < 1.29 is 14.6 Å². The summed E-state index contributed by atoms with van der Waals surface area (Å²) in [6, 6.07) is 7.51. The molecule has 6 nitrogen and oxygen atoms in total. The summed E-state index contributed by atoms with van der Waals surface area (Å²) in [5.74, 6) is -0.0631. The van der Waals surface area contributed by atoms with Gasteiger partial charge < -0.3 is 20.5 Å². The molecule has 1 aromatic rings. The van der Waals surface area contributed by atoms with Crippen LogP contribution in [-0.4, -0.2) is 67.5 Å². The van der Waals surface area contributed by atoms with Gasteiger partial charge in [-0.1, -0.05) is 23.7 Å². The molecule has 1 aromatic carbocycles. The number of ether oxygens (including phenoxy) is 1. The van der Waals surface area contributed by atoms with Gasteiger partial charge in [0.05, 0.1) is 31.4 Å². The number of rotatable bonds is 5. The molecule has 132 valence electrons. The second-order valence-electron chi connectivity index (χ2n) is 6.31. The third-order valence-corrected chi connectivity index (χ3v) is 4.85. The average Bonchev–Trinajstić information content (AvgIpc) is 3.02. The van der Waals surface area contributed by atoms with E-state index in [1.165, 1.54) is 0 Å². The maximum atomic E-state index is 12.3. The zero-order valence-corrected chi connectivity index (χ0v) is 14.3. The molecule has 3 rings (SSSR count). The van der Waals surface area contributed by atoms with Crippen molar-refractivity contribution in [3.05, 3.63) is 34.9 Å². The highest BCUT2D eigenvalue weighted by Crippen LogP contribution is 2.24. The lowest BCUT2D eigenvalue weighted by Gasteiger charge is -2.35. The molecule has 2 heterocycles. The van der Waals surface area contributed by atoms with Crippen molar-refractivity contribution in [3.63, 3.8) is 0 Å². The number of aliphatic hydroxyl groups is 1. The second-order valence-corrected chi connectivity index (χ2v) is 6.75. The standard InChI is InChI=1S/C17H24ClN3O3/c18-13-3-1-2-12(8-13)16(21-4-6-24-7-5-21)11-20-17(23)15-9-14(22)10-19-15/h1-3,8,14-16,19,22H,4-7,9-11H2,(H,20,23)/t14-,15-,16+/m0/s1. The molecular weight excluding hydrogens is 330 g/mol. The number of nitrogens with zero attached hydrogens (tertiary/aromatic N) is 1. The minimum absolute atomic E-state index is 0.0582. The number of aliphatic hydroxyl groups excluding tert-OH is 1. The molecule has 24 heavy (non-hydrogen) atoms. The van der Waals surface area contributed by atoms with Crippen LogP contribution in [0.3, 0.4) is 0 Å². The van der Waals surface area contributed by atoms with Gasteiger partial charge in [-0.05, 0) is 24.1 Å². The molecule has 0 spiro atoms. The number of amides is 1. The Bertz CT molecular complexity index is 566. The fraction of sp³-hybridized carbons (Fsp3) is 0.588. The Kier molecular flexibility index (Phi) is 6.08. The molecule has 2 saturated heterocycles. The van der Waals surface area contributed by atoms with E-state index in [1.807, 2.05) is 24.3 Å². The number of β-amino-alcohol motifs (C(OH)–C–C–N with tert-alkyl or cyclic N) is 1. The van der Waals surface area contributed by atoms with Crippen LogP contribution in [0.4, 0.5) is 0 Å². The van der Waals surface area contributed by atoms with Crippen LogP contribution in [-0.2, 0) is 9.53 Å². The number of hydrogen-bond donors (Lipinski definition) is 3. The lowest BCUT2D eigenvalue weighted by atomic mass is 10.0. The summed E-state index contributed by atoms with van der Waals surface area (Å²) in [5, 5.41) is 16.3. The quantitative estimate of drug-likeness (QED) is 0.721. The molecule has 2 fully saturated rings. The van der Waals surface area contributed by atoms with Gasteiger partial charge in [0.15, 0.2) is 0 Å². The van der Waals surface area contributed by atoms with E-state index in [-0.39, 0.29) is 18.0 Å². The third kappa shape index (κ3) is 4.46.